The number of carbonyl (C=O) groups is 2. The van der Waals surface area contributed by atoms with Crippen LogP contribution in [0.4, 0.5) is 13.2 Å². The lowest BCUT2D eigenvalue weighted by molar-refractivity contribution is -0.201. The van der Waals surface area contributed by atoms with Crippen molar-refractivity contribution in [2.24, 2.45) is 0 Å². The van der Waals surface area contributed by atoms with Crippen LogP contribution >= 0.6 is 15.9 Å². The van der Waals surface area contributed by atoms with Gasteiger partial charge in [-0.2, -0.15) is 13.2 Å². The molecule has 9 heteroatoms. The Kier molecular flexibility index (Phi) is 10.7. The Balaban J connectivity index is 1.53. The number of hydrogen-bond donors (Lipinski definition) is 1. The van der Waals surface area contributed by atoms with Crippen molar-refractivity contribution >= 4 is 27.9 Å². The van der Waals surface area contributed by atoms with E-state index in [9.17, 15) is 22.8 Å². The molecule has 2 aromatic carbocycles. The molecule has 2 aromatic rings. The average molecular weight is 516 g/mol. The number of aryl methyl sites for hydroxylation is 2. The minimum atomic E-state index is -5.16. The van der Waals surface area contributed by atoms with Gasteiger partial charge in [0.25, 0.3) is 0 Å². The van der Waals surface area contributed by atoms with Crippen LogP contribution in [0.1, 0.15) is 30.4 Å². The molecule has 0 aromatic heterocycles. The van der Waals surface area contributed by atoms with Gasteiger partial charge in [-0.15, -0.1) is 0 Å². The van der Waals surface area contributed by atoms with Crippen molar-refractivity contribution < 1.29 is 32.2 Å². The molecule has 0 aliphatic rings. The highest BCUT2D eigenvalue weighted by Crippen LogP contribution is 2.17. The second kappa shape index (κ2) is 13.2. The first-order chi connectivity index (χ1) is 15.2. The molecule has 0 atom stereocenters. The average Bonchev–Trinajstić information content (AvgIpc) is 2.75. The normalized spacial score (nSPS) is 11.2. The molecule has 0 amide bonds. The van der Waals surface area contributed by atoms with E-state index < -0.39 is 18.1 Å². The van der Waals surface area contributed by atoms with Crippen LogP contribution in [0.2, 0.25) is 0 Å². The molecule has 2 rings (SSSR count). The van der Waals surface area contributed by atoms with Gasteiger partial charge in [0.2, 0.25) is 0 Å². The zero-order chi connectivity index (χ0) is 23.4. The van der Waals surface area contributed by atoms with E-state index >= 15 is 0 Å². The highest BCUT2D eigenvalue weighted by Gasteiger charge is 2.42. The first-order valence-electron chi connectivity index (χ1n) is 10.2. The second-order valence-corrected chi connectivity index (χ2v) is 8.00. The summed E-state index contributed by atoms with van der Waals surface area (Å²) < 4.78 is 46.5. The van der Waals surface area contributed by atoms with Gasteiger partial charge < -0.3 is 14.8 Å². The first kappa shape index (κ1) is 25.9. The van der Waals surface area contributed by atoms with Crippen LogP contribution in [-0.2, 0) is 27.2 Å². The van der Waals surface area contributed by atoms with Crippen LogP contribution < -0.4 is 10.1 Å². The Bertz CT molecular complexity index is 855. The minimum Gasteiger partial charge on any atom is -0.494 e. The number of ether oxygens (including phenoxy) is 2. The predicted molar refractivity (Wildman–Crippen MR) is 117 cm³/mol. The van der Waals surface area contributed by atoms with Crippen LogP contribution in [0.15, 0.2) is 53.0 Å². The minimum absolute atomic E-state index is 0.136. The summed E-state index contributed by atoms with van der Waals surface area (Å²) >= 11 is 3.42. The smallest absolute Gasteiger partial charge is 0.491 e. The SMILES string of the molecule is O=C(CCNCCCc1ccc(OCCCc2ccc(Br)cc2)cc1)OC(=O)C(F)(F)F. The fraction of sp³-hybridized carbons (Fsp3) is 0.391. The van der Waals surface area contributed by atoms with E-state index in [1.54, 1.807) is 0 Å². The molecule has 0 heterocycles. The lowest BCUT2D eigenvalue weighted by Gasteiger charge is -2.08. The van der Waals surface area contributed by atoms with Gasteiger partial charge in [0.1, 0.15) is 5.75 Å². The lowest BCUT2D eigenvalue weighted by atomic mass is 10.1. The van der Waals surface area contributed by atoms with Crippen molar-refractivity contribution in [3.05, 3.63) is 64.1 Å². The molecule has 0 aliphatic heterocycles. The summed E-state index contributed by atoms with van der Waals surface area (Å²) in [5, 5.41) is 2.94. The Morgan fingerprint density at radius 3 is 2.09 bits per heavy atom. The summed E-state index contributed by atoms with van der Waals surface area (Å²) in [6.07, 6.45) is -2.02. The largest absolute Gasteiger partial charge is 0.494 e. The van der Waals surface area contributed by atoms with Gasteiger partial charge in [0.15, 0.2) is 0 Å². The monoisotopic (exact) mass is 515 g/mol. The van der Waals surface area contributed by atoms with Gasteiger partial charge in [-0.25, -0.2) is 4.79 Å². The van der Waals surface area contributed by atoms with E-state index in [4.69, 9.17) is 4.74 Å². The maximum Gasteiger partial charge on any atom is 0.491 e. The number of nitrogens with one attached hydrogen (secondary N) is 1. The molecule has 0 saturated carbocycles. The molecule has 1 N–H and O–H groups in total. The third-order valence-corrected chi connectivity index (χ3v) is 5.01. The Morgan fingerprint density at radius 2 is 1.47 bits per heavy atom. The second-order valence-electron chi connectivity index (χ2n) is 7.09. The highest BCUT2D eigenvalue weighted by molar-refractivity contribution is 9.10. The number of alkyl halides is 3. The molecule has 0 saturated heterocycles. The standard InChI is InChI=1S/C23H25BrF3NO4/c24-19-9-5-18(6-10-19)4-2-16-31-20-11-7-17(8-12-20)3-1-14-28-15-13-21(29)32-22(30)23(25,26)27/h5-12,28H,1-4,13-16H2. The van der Waals surface area contributed by atoms with Crippen LogP contribution in [0.25, 0.3) is 0 Å². The molecule has 0 fully saturated rings. The molecule has 0 radical (unpaired) electrons. The van der Waals surface area contributed by atoms with Crippen molar-refractivity contribution in [1.82, 2.24) is 5.32 Å². The van der Waals surface area contributed by atoms with Crippen LogP contribution in [0, 0.1) is 0 Å². The van der Waals surface area contributed by atoms with Crippen LogP contribution in [-0.4, -0.2) is 37.8 Å². The first-order valence-corrected chi connectivity index (χ1v) is 11.0. The highest BCUT2D eigenvalue weighted by atomic mass is 79.9. The molecule has 32 heavy (non-hydrogen) atoms. The van der Waals surface area contributed by atoms with E-state index in [2.05, 4.69) is 38.1 Å². The summed E-state index contributed by atoms with van der Waals surface area (Å²) in [6.45, 7) is 1.35. The van der Waals surface area contributed by atoms with Gasteiger partial charge in [0.05, 0.1) is 13.0 Å². The Labute approximate surface area is 193 Å². The van der Waals surface area contributed by atoms with Crippen molar-refractivity contribution in [3.63, 3.8) is 0 Å². The van der Waals surface area contributed by atoms with Gasteiger partial charge in [-0.3, -0.25) is 4.79 Å². The van der Waals surface area contributed by atoms with Crippen molar-refractivity contribution in [3.8, 4) is 5.75 Å². The zero-order valence-corrected chi connectivity index (χ0v) is 19.0. The number of hydrogen-bond acceptors (Lipinski definition) is 5. The zero-order valence-electron chi connectivity index (χ0n) is 17.4. The van der Waals surface area contributed by atoms with E-state index in [-0.39, 0.29) is 13.0 Å². The maximum atomic E-state index is 12.0. The number of carbonyl (C=O) groups excluding carboxylic acids is 2. The summed E-state index contributed by atoms with van der Waals surface area (Å²) in [5.74, 6) is -2.87. The van der Waals surface area contributed by atoms with Gasteiger partial charge in [0, 0.05) is 11.0 Å². The van der Waals surface area contributed by atoms with E-state index in [0.29, 0.717) is 13.2 Å². The number of esters is 2. The molecular formula is C23H25BrF3NO4. The molecule has 5 nitrogen and oxygen atoms in total. The summed E-state index contributed by atoms with van der Waals surface area (Å²) in [7, 11) is 0. The summed E-state index contributed by atoms with van der Waals surface area (Å²) in [6, 6.07) is 16.1. The van der Waals surface area contributed by atoms with Crippen LogP contribution in [0.3, 0.4) is 0 Å². The van der Waals surface area contributed by atoms with Gasteiger partial charge in [-0.1, -0.05) is 40.2 Å². The Hall–Kier alpha value is -2.39. The fourth-order valence-electron chi connectivity index (χ4n) is 2.81. The topological polar surface area (TPSA) is 64.6 Å². The molecule has 0 spiro atoms. The Morgan fingerprint density at radius 1 is 0.875 bits per heavy atom. The van der Waals surface area contributed by atoms with Crippen molar-refractivity contribution in [2.75, 3.05) is 19.7 Å². The number of halogens is 4. The number of benzene rings is 2. The van der Waals surface area contributed by atoms with Crippen molar-refractivity contribution in [1.29, 1.82) is 0 Å². The molecule has 0 bridgehead atoms. The third-order valence-electron chi connectivity index (χ3n) is 4.48. The van der Waals surface area contributed by atoms with E-state index in [1.807, 2.05) is 36.4 Å². The molecule has 0 unspecified atom stereocenters. The van der Waals surface area contributed by atoms with Crippen molar-refractivity contribution in [2.45, 2.75) is 38.3 Å². The predicted octanol–water partition coefficient (Wildman–Crippen LogP) is 5.01. The quantitative estimate of drug-likeness (QED) is 0.244. The van der Waals surface area contributed by atoms with E-state index in [1.165, 1.54) is 5.56 Å². The lowest BCUT2D eigenvalue weighted by Crippen LogP contribution is -2.29. The summed E-state index contributed by atoms with van der Waals surface area (Å²) in [4.78, 5) is 21.7. The number of rotatable bonds is 12. The molecule has 0 aliphatic carbocycles. The maximum absolute atomic E-state index is 12.0. The summed E-state index contributed by atoms with van der Waals surface area (Å²) in [5.41, 5.74) is 2.40. The van der Waals surface area contributed by atoms with Gasteiger partial charge in [-0.05, 0) is 67.6 Å². The molecule has 174 valence electrons. The van der Waals surface area contributed by atoms with Gasteiger partial charge >= 0.3 is 18.1 Å². The third kappa shape index (κ3) is 10.3. The van der Waals surface area contributed by atoms with E-state index in [0.717, 1.165) is 41.5 Å². The molecular weight excluding hydrogens is 491 g/mol. The van der Waals surface area contributed by atoms with Crippen LogP contribution in [0.5, 0.6) is 5.75 Å². The fourth-order valence-corrected chi connectivity index (χ4v) is 3.08.